The van der Waals surface area contributed by atoms with Crippen LogP contribution in [0.5, 0.6) is 0 Å². The van der Waals surface area contributed by atoms with Crippen molar-refractivity contribution in [3.8, 4) is 0 Å². The molecule has 1 aliphatic carbocycles. The summed E-state index contributed by atoms with van der Waals surface area (Å²) in [6.45, 7) is 6.97. The first-order valence-corrected chi connectivity index (χ1v) is 9.58. The Hall–Kier alpha value is -2.37. The summed E-state index contributed by atoms with van der Waals surface area (Å²) in [4.78, 5) is 4.64. The van der Waals surface area contributed by atoms with Gasteiger partial charge in [0.2, 0.25) is 5.92 Å². The fourth-order valence-electron chi connectivity index (χ4n) is 4.17. The van der Waals surface area contributed by atoms with Gasteiger partial charge in [-0.05, 0) is 57.2 Å². The lowest BCUT2D eigenvalue weighted by Crippen LogP contribution is -2.33. The van der Waals surface area contributed by atoms with E-state index in [4.69, 9.17) is 0 Å². The standard InChI is InChI=1S/C21H26F2N4/c1-13-14(2)25-26-15(3)20(13)17-10-19-18(24-11-17)6-9-27(19)12-16-4-7-21(22,23)8-5-16/h6,9-11,16,25-26H,4-5,7-8,12H2,1-3H3. The number of hydrazine groups is 1. The number of alkyl halides is 2. The smallest absolute Gasteiger partial charge is 0.248 e. The molecule has 1 aliphatic heterocycles. The third-order valence-corrected chi connectivity index (χ3v) is 5.95. The molecule has 4 rings (SSSR count). The van der Waals surface area contributed by atoms with Crippen molar-refractivity contribution in [3.63, 3.8) is 0 Å². The van der Waals surface area contributed by atoms with Gasteiger partial charge >= 0.3 is 0 Å². The molecular weight excluding hydrogens is 346 g/mol. The van der Waals surface area contributed by atoms with Crippen LogP contribution in [-0.2, 0) is 6.54 Å². The molecule has 0 radical (unpaired) electrons. The molecule has 0 aromatic carbocycles. The molecule has 6 heteroatoms. The maximum Gasteiger partial charge on any atom is 0.248 e. The number of aromatic nitrogens is 2. The molecule has 1 fully saturated rings. The van der Waals surface area contributed by atoms with Crippen molar-refractivity contribution in [2.24, 2.45) is 5.92 Å². The topological polar surface area (TPSA) is 41.9 Å². The zero-order valence-corrected chi connectivity index (χ0v) is 16.1. The van der Waals surface area contributed by atoms with E-state index in [1.165, 1.54) is 5.57 Å². The Balaban J connectivity index is 1.64. The average molecular weight is 372 g/mol. The van der Waals surface area contributed by atoms with E-state index < -0.39 is 5.92 Å². The van der Waals surface area contributed by atoms with E-state index in [-0.39, 0.29) is 12.8 Å². The van der Waals surface area contributed by atoms with Gasteiger partial charge < -0.3 is 15.4 Å². The molecule has 0 bridgehead atoms. The minimum Gasteiger partial charge on any atom is -0.346 e. The van der Waals surface area contributed by atoms with Crippen molar-refractivity contribution in [1.29, 1.82) is 0 Å². The quantitative estimate of drug-likeness (QED) is 0.797. The predicted molar refractivity (Wildman–Crippen MR) is 104 cm³/mol. The van der Waals surface area contributed by atoms with E-state index in [2.05, 4.69) is 33.4 Å². The summed E-state index contributed by atoms with van der Waals surface area (Å²) in [5.41, 5.74) is 14.0. The lowest BCUT2D eigenvalue weighted by atomic mass is 9.87. The third-order valence-electron chi connectivity index (χ3n) is 5.95. The number of allylic oxidation sites excluding steroid dienone is 4. The van der Waals surface area contributed by atoms with E-state index in [1.54, 1.807) is 0 Å². The van der Waals surface area contributed by atoms with E-state index >= 15 is 0 Å². The van der Waals surface area contributed by atoms with Gasteiger partial charge in [0.1, 0.15) is 0 Å². The third kappa shape index (κ3) is 3.45. The van der Waals surface area contributed by atoms with Gasteiger partial charge in [0, 0.05) is 54.3 Å². The van der Waals surface area contributed by atoms with Gasteiger partial charge in [0.25, 0.3) is 0 Å². The van der Waals surface area contributed by atoms with Crippen LogP contribution in [0.15, 0.2) is 41.5 Å². The van der Waals surface area contributed by atoms with E-state index in [0.29, 0.717) is 18.8 Å². The maximum absolute atomic E-state index is 13.4. The summed E-state index contributed by atoms with van der Waals surface area (Å²) < 4.78 is 29.0. The van der Waals surface area contributed by atoms with Gasteiger partial charge in [-0.3, -0.25) is 4.98 Å². The minimum atomic E-state index is -2.47. The van der Waals surface area contributed by atoms with E-state index in [0.717, 1.165) is 40.1 Å². The van der Waals surface area contributed by atoms with Gasteiger partial charge in [-0.15, -0.1) is 0 Å². The monoisotopic (exact) mass is 372 g/mol. The van der Waals surface area contributed by atoms with Gasteiger partial charge in [-0.2, -0.15) is 0 Å². The molecule has 2 aliphatic rings. The van der Waals surface area contributed by atoms with Crippen LogP contribution in [0, 0.1) is 5.92 Å². The molecule has 4 nitrogen and oxygen atoms in total. The lowest BCUT2D eigenvalue weighted by Gasteiger charge is -2.28. The van der Waals surface area contributed by atoms with Gasteiger partial charge in [0.05, 0.1) is 11.0 Å². The summed E-state index contributed by atoms with van der Waals surface area (Å²) >= 11 is 0. The van der Waals surface area contributed by atoms with Gasteiger partial charge in [0.15, 0.2) is 0 Å². The highest BCUT2D eigenvalue weighted by Gasteiger charge is 2.34. The number of pyridine rings is 1. The molecule has 2 aromatic heterocycles. The van der Waals surface area contributed by atoms with Crippen LogP contribution >= 0.6 is 0 Å². The van der Waals surface area contributed by atoms with Crippen LogP contribution in [0.25, 0.3) is 16.6 Å². The number of nitrogens with zero attached hydrogens (tertiary/aromatic N) is 2. The molecule has 27 heavy (non-hydrogen) atoms. The Morgan fingerprint density at radius 1 is 1.15 bits per heavy atom. The number of rotatable bonds is 3. The summed E-state index contributed by atoms with van der Waals surface area (Å²) in [6.07, 6.45) is 5.13. The van der Waals surface area contributed by atoms with Crippen molar-refractivity contribution in [2.45, 2.75) is 58.9 Å². The molecule has 3 heterocycles. The fourth-order valence-corrected chi connectivity index (χ4v) is 4.17. The summed E-state index contributed by atoms with van der Waals surface area (Å²) in [5, 5.41) is 0. The van der Waals surface area contributed by atoms with Crippen LogP contribution in [-0.4, -0.2) is 15.5 Å². The summed E-state index contributed by atoms with van der Waals surface area (Å²) in [6, 6.07) is 4.18. The highest BCUT2D eigenvalue weighted by Crippen LogP contribution is 2.37. The second kappa shape index (κ2) is 6.66. The van der Waals surface area contributed by atoms with Crippen LogP contribution in [0.4, 0.5) is 8.78 Å². The first-order valence-electron chi connectivity index (χ1n) is 9.58. The molecule has 0 atom stereocenters. The molecule has 2 N–H and O–H groups in total. The largest absolute Gasteiger partial charge is 0.346 e. The minimum absolute atomic E-state index is 0.00832. The normalized spacial score (nSPS) is 20.8. The molecule has 0 unspecified atom stereocenters. The van der Waals surface area contributed by atoms with Crippen molar-refractivity contribution in [1.82, 2.24) is 20.4 Å². The number of hydrogen-bond acceptors (Lipinski definition) is 3. The number of nitrogens with one attached hydrogen (secondary N) is 2. The Bertz CT molecular complexity index is 929. The predicted octanol–water partition coefficient (Wildman–Crippen LogP) is 4.99. The maximum atomic E-state index is 13.4. The molecular formula is C21H26F2N4. The Kier molecular flexibility index (Phi) is 4.44. The Morgan fingerprint density at radius 2 is 1.85 bits per heavy atom. The SMILES string of the molecule is CC1=C(C)C(c2cnc3ccn(CC4CCC(F)(F)CC4)c3c2)=C(C)NN1. The van der Waals surface area contributed by atoms with Gasteiger partial charge in [-0.1, -0.05) is 0 Å². The molecule has 2 aromatic rings. The molecule has 1 saturated carbocycles. The number of fused-ring (bicyclic) bond motifs is 1. The highest BCUT2D eigenvalue weighted by molar-refractivity contribution is 5.86. The van der Waals surface area contributed by atoms with Crippen LogP contribution in [0.1, 0.15) is 52.0 Å². The second-order valence-electron chi connectivity index (χ2n) is 7.90. The second-order valence-corrected chi connectivity index (χ2v) is 7.90. The average Bonchev–Trinajstić information content (AvgIpc) is 3.03. The zero-order chi connectivity index (χ0) is 19.2. The van der Waals surface area contributed by atoms with Gasteiger partial charge in [-0.25, -0.2) is 8.78 Å². The van der Waals surface area contributed by atoms with Crippen LogP contribution in [0.2, 0.25) is 0 Å². The highest BCUT2D eigenvalue weighted by atomic mass is 19.3. The summed E-state index contributed by atoms with van der Waals surface area (Å²) in [5.74, 6) is -2.17. The molecule has 0 saturated heterocycles. The summed E-state index contributed by atoms with van der Waals surface area (Å²) in [7, 11) is 0. The van der Waals surface area contributed by atoms with Crippen LogP contribution < -0.4 is 10.9 Å². The number of hydrogen-bond donors (Lipinski definition) is 2. The molecule has 144 valence electrons. The van der Waals surface area contributed by atoms with E-state index in [1.807, 2.05) is 32.3 Å². The van der Waals surface area contributed by atoms with E-state index in [9.17, 15) is 8.78 Å². The first kappa shape index (κ1) is 18.0. The van der Waals surface area contributed by atoms with Crippen molar-refractivity contribution < 1.29 is 8.78 Å². The van der Waals surface area contributed by atoms with Crippen molar-refractivity contribution >= 4 is 16.6 Å². The Morgan fingerprint density at radius 3 is 2.59 bits per heavy atom. The van der Waals surface area contributed by atoms with Crippen molar-refractivity contribution in [2.75, 3.05) is 0 Å². The zero-order valence-electron chi connectivity index (χ0n) is 16.1. The van der Waals surface area contributed by atoms with Crippen molar-refractivity contribution in [3.05, 3.63) is 47.1 Å². The lowest BCUT2D eigenvalue weighted by molar-refractivity contribution is -0.0472. The number of halogens is 2. The van der Waals surface area contributed by atoms with Crippen LogP contribution in [0.3, 0.4) is 0 Å². The fraction of sp³-hybridized carbons (Fsp3) is 0.476. The molecule has 0 spiro atoms. The first-order chi connectivity index (χ1) is 12.8. The molecule has 0 amide bonds. The Labute approximate surface area is 158 Å².